The van der Waals surface area contributed by atoms with Crippen molar-refractivity contribution in [2.75, 3.05) is 12.9 Å². The summed E-state index contributed by atoms with van der Waals surface area (Å²) in [5, 5.41) is 23.3. The Morgan fingerprint density at radius 2 is 1.89 bits per heavy atom. The maximum Gasteiger partial charge on any atom is 0.250 e. The molecule has 0 fully saturated rings. The zero-order valence-corrected chi connectivity index (χ0v) is 22.3. The summed E-state index contributed by atoms with van der Waals surface area (Å²) in [4.78, 5) is 12.4. The molecule has 0 spiro atoms. The molecular formula is C24H19Br2N5O3S. The fourth-order valence-electron chi connectivity index (χ4n) is 3.12. The molecule has 4 rings (SSSR count). The number of aromatic nitrogens is 3. The number of para-hydroxylation sites is 1. The van der Waals surface area contributed by atoms with Gasteiger partial charge in [0.1, 0.15) is 11.5 Å². The van der Waals surface area contributed by atoms with E-state index in [4.69, 9.17) is 4.74 Å². The number of methoxy groups -OCH3 is 1. The van der Waals surface area contributed by atoms with Crippen LogP contribution in [0.25, 0.3) is 17.1 Å². The van der Waals surface area contributed by atoms with Gasteiger partial charge in [-0.15, -0.1) is 10.2 Å². The summed E-state index contributed by atoms with van der Waals surface area (Å²) in [6, 6.07) is 20.6. The van der Waals surface area contributed by atoms with E-state index in [9.17, 15) is 9.90 Å². The fraction of sp³-hybridized carbons (Fsp3) is 0.0833. The second kappa shape index (κ2) is 11.5. The Balaban J connectivity index is 1.50. The van der Waals surface area contributed by atoms with Crippen LogP contribution in [0.1, 0.15) is 5.56 Å². The van der Waals surface area contributed by atoms with E-state index >= 15 is 0 Å². The molecule has 0 radical (unpaired) electrons. The average Bonchev–Trinajstić information content (AvgIpc) is 3.30. The molecule has 2 N–H and O–H groups in total. The van der Waals surface area contributed by atoms with Crippen molar-refractivity contribution in [1.82, 2.24) is 20.2 Å². The number of amides is 1. The molecule has 0 atom stereocenters. The minimum absolute atomic E-state index is 0.0302. The van der Waals surface area contributed by atoms with Crippen LogP contribution in [-0.4, -0.2) is 44.9 Å². The van der Waals surface area contributed by atoms with Gasteiger partial charge in [0.15, 0.2) is 11.0 Å². The average molecular weight is 617 g/mol. The second-order valence-corrected chi connectivity index (χ2v) is 9.83. The van der Waals surface area contributed by atoms with E-state index in [1.54, 1.807) is 19.2 Å². The Labute approximate surface area is 222 Å². The van der Waals surface area contributed by atoms with E-state index in [2.05, 4.69) is 52.6 Å². The number of carbonyl (C=O) groups excluding carboxylic acids is 1. The van der Waals surface area contributed by atoms with Gasteiger partial charge < -0.3 is 9.84 Å². The number of carbonyl (C=O) groups is 1. The van der Waals surface area contributed by atoms with E-state index in [1.807, 2.05) is 59.2 Å². The number of nitrogens with zero attached hydrogens (tertiary/aromatic N) is 4. The van der Waals surface area contributed by atoms with Crippen molar-refractivity contribution >= 4 is 55.7 Å². The third kappa shape index (κ3) is 6.11. The van der Waals surface area contributed by atoms with Gasteiger partial charge >= 0.3 is 0 Å². The molecule has 0 unspecified atom stereocenters. The number of nitrogens with one attached hydrogen (secondary N) is 1. The first-order valence-corrected chi connectivity index (χ1v) is 12.8. The number of hydrazone groups is 1. The highest BCUT2D eigenvalue weighted by Gasteiger charge is 2.17. The van der Waals surface area contributed by atoms with Gasteiger partial charge in [-0.3, -0.25) is 9.36 Å². The van der Waals surface area contributed by atoms with Gasteiger partial charge in [0.05, 0.1) is 23.5 Å². The Kier molecular flexibility index (Phi) is 8.21. The molecule has 0 saturated carbocycles. The number of hydrogen-bond acceptors (Lipinski definition) is 7. The Bertz CT molecular complexity index is 1360. The smallest absolute Gasteiger partial charge is 0.250 e. The van der Waals surface area contributed by atoms with E-state index in [1.165, 1.54) is 18.0 Å². The van der Waals surface area contributed by atoms with Crippen LogP contribution in [0.4, 0.5) is 0 Å². The quantitative estimate of drug-likeness (QED) is 0.156. The highest BCUT2D eigenvalue weighted by molar-refractivity contribution is 9.11. The predicted molar refractivity (Wildman–Crippen MR) is 143 cm³/mol. The highest BCUT2D eigenvalue weighted by atomic mass is 79.9. The molecule has 4 aromatic rings. The third-order valence-electron chi connectivity index (χ3n) is 4.78. The molecule has 11 heteroatoms. The number of phenols is 1. The predicted octanol–water partition coefficient (Wildman–Crippen LogP) is 5.42. The number of benzene rings is 3. The summed E-state index contributed by atoms with van der Waals surface area (Å²) >= 11 is 7.86. The monoisotopic (exact) mass is 615 g/mol. The summed E-state index contributed by atoms with van der Waals surface area (Å²) < 4.78 is 8.43. The summed E-state index contributed by atoms with van der Waals surface area (Å²) in [6.07, 6.45) is 1.38. The van der Waals surface area contributed by atoms with Crippen LogP contribution in [-0.2, 0) is 4.79 Å². The number of hydrogen-bond donors (Lipinski definition) is 2. The number of aromatic hydroxyl groups is 1. The van der Waals surface area contributed by atoms with Gasteiger partial charge in [0.25, 0.3) is 5.91 Å². The molecule has 0 bridgehead atoms. The lowest BCUT2D eigenvalue weighted by molar-refractivity contribution is -0.118. The molecule has 0 aliphatic heterocycles. The minimum Gasteiger partial charge on any atom is -0.506 e. The fourth-order valence-corrected chi connectivity index (χ4v) is 5.12. The Morgan fingerprint density at radius 1 is 1.14 bits per heavy atom. The van der Waals surface area contributed by atoms with Gasteiger partial charge in [0, 0.05) is 21.3 Å². The Hall–Kier alpha value is -3.15. The summed E-state index contributed by atoms with van der Waals surface area (Å²) in [6.45, 7) is 0. The van der Waals surface area contributed by atoms with Gasteiger partial charge in [-0.1, -0.05) is 45.9 Å². The third-order valence-corrected chi connectivity index (χ3v) is 6.77. The van der Waals surface area contributed by atoms with E-state index < -0.39 is 0 Å². The molecule has 178 valence electrons. The van der Waals surface area contributed by atoms with Crippen molar-refractivity contribution in [3.05, 3.63) is 81.2 Å². The van der Waals surface area contributed by atoms with Crippen LogP contribution in [0.3, 0.4) is 0 Å². The van der Waals surface area contributed by atoms with Gasteiger partial charge in [-0.25, -0.2) is 5.43 Å². The van der Waals surface area contributed by atoms with Crippen molar-refractivity contribution in [2.45, 2.75) is 5.16 Å². The molecule has 35 heavy (non-hydrogen) atoms. The maximum absolute atomic E-state index is 12.4. The largest absolute Gasteiger partial charge is 0.506 e. The number of halogens is 2. The molecule has 1 amide bonds. The molecule has 8 nitrogen and oxygen atoms in total. The van der Waals surface area contributed by atoms with Crippen LogP contribution in [0.2, 0.25) is 0 Å². The highest BCUT2D eigenvalue weighted by Crippen LogP contribution is 2.31. The lowest BCUT2D eigenvalue weighted by atomic mass is 10.2. The van der Waals surface area contributed by atoms with Crippen LogP contribution in [0, 0.1) is 0 Å². The van der Waals surface area contributed by atoms with E-state index in [0.717, 1.165) is 21.5 Å². The molecule has 0 aliphatic carbocycles. The molecule has 1 aromatic heterocycles. The SMILES string of the molecule is COc1ccc(-c2nnc(SCC(=O)NN=Cc3cc(Br)cc(Br)c3O)n2-c2ccccc2)cc1. The van der Waals surface area contributed by atoms with E-state index in [-0.39, 0.29) is 17.4 Å². The van der Waals surface area contributed by atoms with Crippen molar-refractivity contribution in [3.63, 3.8) is 0 Å². The van der Waals surface area contributed by atoms with Crippen LogP contribution in [0.15, 0.2) is 85.9 Å². The maximum atomic E-state index is 12.4. The zero-order chi connectivity index (χ0) is 24.8. The molecule has 0 aliphatic rings. The van der Waals surface area contributed by atoms with Crippen molar-refractivity contribution in [1.29, 1.82) is 0 Å². The summed E-state index contributed by atoms with van der Waals surface area (Å²) in [7, 11) is 1.62. The zero-order valence-electron chi connectivity index (χ0n) is 18.4. The van der Waals surface area contributed by atoms with Crippen LogP contribution >= 0.6 is 43.6 Å². The number of rotatable bonds is 8. The molecular weight excluding hydrogens is 598 g/mol. The van der Waals surface area contributed by atoms with Crippen LogP contribution in [0.5, 0.6) is 11.5 Å². The lowest BCUT2D eigenvalue weighted by Crippen LogP contribution is -2.20. The normalized spacial score (nSPS) is 11.1. The number of thioether (sulfide) groups is 1. The molecule has 3 aromatic carbocycles. The first-order chi connectivity index (χ1) is 17.0. The van der Waals surface area contributed by atoms with Gasteiger partial charge in [-0.05, 0) is 64.5 Å². The van der Waals surface area contributed by atoms with E-state index in [0.29, 0.717) is 21.0 Å². The van der Waals surface area contributed by atoms with Crippen molar-refractivity contribution in [3.8, 4) is 28.6 Å². The van der Waals surface area contributed by atoms with Crippen molar-refractivity contribution in [2.24, 2.45) is 5.10 Å². The number of ether oxygens (including phenoxy) is 1. The summed E-state index contributed by atoms with van der Waals surface area (Å²) in [5.74, 6) is 1.17. The van der Waals surface area contributed by atoms with Gasteiger partial charge in [-0.2, -0.15) is 5.10 Å². The topological polar surface area (TPSA) is 102 Å². The summed E-state index contributed by atoms with van der Waals surface area (Å²) in [5.41, 5.74) is 4.66. The lowest BCUT2D eigenvalue weighted by Gasteiger charge is -2.10. The first-order valence-electron chi connectivity index (χ1n) is 10.2. The van der Waals surface area contributed by atoms with Gasteiger partial charge in [0.2, 0.25) is 0 Å². The van der Waals surface area contributed by atoms with Crippen LogP contribution < -0.4 is 10.2 Å². The first kappa shape index (κ1) is 25.0. The molecule has 1 heterocycles. The Morgan fingerprint density at radius 3 is 2.60 bits per heavy atom. The standard InChI is InChI=1S/C24H19Br2N5O3S/c1-34-19-9-7-15(8-10-19)23-29-30-24(31(23)18-5-3-2-4-6-18)35-14-21(32)28-27-13-16-11-17(25)12-20(26)22(16)33/h2-13,33H,14H2,1H3,(H,28,32). The van der Waals surface area contributed by atoms with Crippen molar-refractivity contribution < 1.29 is 14.6 Å². The minimum atomic E-state index is -0.326. The second-order valence-electron chi connectivity index (χ2n) is 7.11. The number of phenolic OH excluding ortho intramolecular Hbond substituents is 1. The molecule has 0 saturated heterocycles.